The van der Waals surface area contributed by atoms with Crippen molar-refractivity contribution in [3.8, 4) is 0 Å². The first-order valence-electron chi connectivity index (χ1n) is 15.6. The van der Waals surface area contributed by atoms with Crippen LogP contribution in [0.3, 0.4) is 0 Å². The minimum Gasteiger partial charge on any atom is -0.447 e. The van der Waals surface area contributed by atoms with Gasteiger partial charge in [-0.2, -0.15) is 9.59 Å². The largest absolute Gasteiger partial charge is 0.447 e. The molecule has 0 radical (unpaired) electrons. The quantitative estimate of drug-likeness (QED) is 0.0335. The van der Waals surface area contributed by atoms with Crippen molar-refractivity contribution in [3.05, 3.63) is 12.2 Å². The van der Waals surface area contributed by atoms with Crippen molar-refractivity contribution >= 4 is 18.3 Å². The maximum absolute atomic E-state index is 11.8. The highest BCUT2D eigenvalue weighted by molar-refractivity contribution is 5.66. The van der Waals surface area contributed by atoms with Gasteiger partial charge in [-0.1, -0.05) is 30.2 Å². The molecule has 2 heterocycles. The van der Waals surface area contributed by atoms with Crippen LogP contribution in [0.4, 0.5) is 4.79 Å². The predicted molar refractivity (Wildman–Crippen MR) is 156 cm³/mol. The lowest BCUT2D eigenvalue weighted by molar-refractivity contribution is -0.572. The van der Waals surface area contributed by atoms with E-state index in [2.05, 4.69) is 22.5 Å². The number of hydrogen-bond donors (Lipinski definition) is 3. The van der Waals surface area contributed by atoms with Crippen LogP contribution in [0.25, 0.3) is 0 Å². The van der Waals surface area contributed by atoms with E-state index in [-0.39, 0.29) is 39.0 Å². The van der Waals surface area contributed by atoms with Gasteiger partial charge < -0.3 is 10.1 Å². The van der Waals surface area contributed by atoms with Crippen LogP contribution in [0.15, 0.2) is 12.2 Å². The molecule has 2 saturated heterocycles. The third-order valence-electron chi connectivity index (χ3n) is 7.12. The molecule has 14 nitrogen and oxygen atoms in total. The van der Waals surface area contributed by atoms with Crippen LogP contribution < -0.4 is 16.0 Å². The molecule has 0 aromatic heterocycles. The lowest BCUT2D eigenvalue weighted by Gasteiger charge is -2.23. The summed E-state index contributed by atoms with van der Waals surface area (Å²) >= 11 is 0. The zero-order valence-electron chi connectivity index (χ0n) is 25.8. The van der Waals surface area contributed by atoms with Gasteiger partial charge in [0.25, 0.3) is 0 Å². The molecule has 3 N–H and O–H groups in total. The van der Waals surface area contributed by atoms with Crippen LogP contribution in [0.5, 0.6) is 0 Å². The number of isocyanates is 2. The van der Waals surface area contributed by atoms with E-state index in [1.54, 1.807) is 9.15 Å². The minimum absolute atomic E-state index is 0.0972. The maximum atomic E-state index is 11.8. The molecule has 43 heavy (non-hydrogen) atoms. The van der Waals surface area contributed by atoms with Gasteiger partial charge in [0.05, 0.1) is 6.54 Å². The fraction of sp³-hybridized carbons (Fsp3) is 0.828. The molecule has 244 valence electrons. The molecule has 2 unspecified atom stereocenters. The number of hydroxylamine groups is 2. The van der Waals surface area contributed by atoms with Gasteiger partial charge in [-0.05, 0) is 45.4 Å². The molecule has 2 fully saturated rings. The molecule has 1 amide bonds. The molecule has 2 rings (SSSR count). The number of alkyl carbamates (subject to hydrolysis) is 1. The van der Waals surface area contributed by atoms with E-state index < -0.39 is 6.09 Å². The number of ether oxygens (including phenoxy) is 1. The average Bonchev–Trinajstić information content (AvgIpc) is 3.38. The van der Waals surface area contributed by atoms with Gasteiger partial charge in [-0.25, -0.2) is 25.2 Å². The molecular weight excluding hydrogens is 560 g/mol. The van der Waals surface area contributed by atoms with Gasteiger partial charge in [0.15, 0.2) is 13.1 Å². The first-order valence-corrected chi connectivity index (χ1v) is 15.6. The van der Waals surface area contributed by atoms with Crippen LogP contribution in [-0.4, -0.2) is 104 Å². The summed E-state index contributed by atoms with van der Waals surface area (Å²) < 4.78 is 8.36. The van der Waals surface area contributed by atoms with Crippen molar-refractivity contribution in [3.63, 3.8) is 0 Å². The molecule has 0 aromatic rings. The highest BCUT2D eigenvalue weighted by Gasteiger charge is 2.26. The Morgan fingerprint density at radius 1 is 0.837 bits per heavy atom. The fourth-order valence-corrected chi connectivity index (χ4v) is 4.77. The third-order valence-corrected chi connectivity index (χ3v) is 7.12. The summed E-state index contributed by atoms with van der Waals surface area (Å²) in [7, 11) is 0. The predicted octanol–water partition coefficient (Wildman–Crippen LogP) is 2.55. The Hall–Kier alpha value is -2.51. The van der Waals surface area contributed by atoms with Crippen LogP contribution in [-0.2, 0) is 33.8 Å². The summed E-state index contributed by atoms with van der Waals surface area (Å²) in [6, 6.07) is 0. The Bertz CT molecular complexity index is 863. The average molecular weight is 613 g/mol. The second kappa shape index (κ2) is 23.9. The van der Waals surface area contributed by atoms with Gasteiger partial charge in [0, 0.05) is 32.2 Å². The first kappa shape index (κ1) is 36.7. The normalized spacial score (nSPS) is 19.3. The summed E-state index contributed by atoms with van der Waals surface area (Å²) in [6.07, 6.45) is 14.6. The van der Waals surface area contributed by atoms with Crippen LogP contribution >= 0.6 is 0 Å². The topological polar surface area (TPSA) is 143 Å². The molecule has 0 bridgehead atoms. The summed E-state index contributed by atoms with van der Waals surface area (Å²) in [4.78, 5) is 56.1. The molecule has 0 aliphatic carbocycles. The summed E-state index contributed by atoms with van der Waals surface area (Å²) in [5, 5.41) is 10.7. The van der Waals surface area contributed by atoms with Crippen LogP contribution in [0.1, 0.15) is 84.0 Å². The Balaban J connectivity index is 1.67. The molecule has 0 spiro atoms. The lowest BCUT2D eigenvalue weighted by Crippen LogP contribution is -2.44. The van der Waals surface area contributed by atoms with E-state index in [9.17, 15) is 14.4 Å². The number of carbonyl (C=O) groups excluding carboxylic acids is 3. The smallest absolute Gasteiger partial charge is 0.425 e. The van der Waals surface area contributed by atoms with Gasteiger partial charge in [-0.3, -0.25) is 9.68 Å². The van der Waals surface area contributed by atoms with E-state index >= 15 is 0 Å². The van der Waals surface area contributed by atoms with Crippen molar-refractivity contribution in [2.45, 2.75) is 96.3 Å². The second-order valence-corrected chi connectivity index (χ2v) is 10.8. The molecule has 2 atom stereocenters. The Morgan fingerprint density at radius 2 is 1.44 bits per heavy atom. The molecule has 2 aliphatic heterocycles. The van der Waals surface area contributed by atoms with Crippen molar-refractivity contribution in [2.75, 3.05) is 59.5 Å². The van der Waals surface area contributed by atoms with Gasteiger partial charge in [0.1, 0.15) is 33.3 Å². The van der Waals surface area contributed by atoms with Crippen LogP contribution in [0, 0.1) is 0 Å². The first-order chi connectivity index (χ1) is 21.0. The highest BCUT2D eigenvalue weighted by atomic mass is 17.2. The number of amides is 1. The minimum atomic E-state index is -0.490. The SMILES string of the molecule is C=C(C)COOCCOC(=O)NCCCCCCN(OCNC1CCCCC[N+]1=C=O)OCNC1CCCCC[N+]1=C=O. The van der Waals surface area contributed by atoms with E-state index in [4.69, 9.17) is 24.2 Å². The van der Waals surface area contributed by atoms with Crippen LogP contribution in [0.2, 0.25) is 0 Å². The second-order valence-electron chi connectivity index (χ2n) is 10.8. The van der Waals surface area contributed by atoms with Gasteiger partial charge >= 0.3 is 18.3 Å². The Morgan fingerprint density at radius 3 is 2.02 bits per heavy atom. The number of hydrogen-bond acceptors (Lipinski definition) is 11. The summed E-state index contributed by atoms with van der Waals surface area (Å²) in [5.41, 5.74) is 0.840. The lowest BCUT2D eigenvalue weighted by atomic mass is 10.2. The number of nitrogens with one attached hydrogen (secondary N) is 3. The van der Waals surface area contributed by atoms with Gasteiger partial charge in [0.2, 0.25) is 12.3 Å². The summed E-state index contributed by atoms with van der Waals surface area (Å²) in [5.74, 6) is 0. The molecule has 0 saturated carbocycles. The fourth-order valence-electron chi connectivity index (χ4n) is 4.77. The molecule has 2 aliphatic rings. The zero-order chi connectivity index (χ0) is 31.0. The van der Waals surface area contributed by atoms with E-state index in [1.807, 2.05) is 19.1 Å². The Kier molecular flexibility index (Phi) is 20.4. The van der Waals surface area contributed by atoms with Crippen molar-refractivity contribution in [1.82, 2.24) is 21.2 Å². The van der Waals surface area contributed by atoms with Crippen molar-refractivity contribution in [2.24, 2.45) is 0 Å². The van der Waals surface area contributed by atoms with E-state index in [0.29, 0.717) is 32.8 Å². The standard InChI is InChI=1S/C29H51N6O8/c1-26(2)21-43-42-20-19-39-29(38)30-15-9-3-4-12-18-35(40-22-31-27-13-7-5-10-16-33(27)24-36)41-23-32-28-14-8-6-11-17-34(28)25-37/h27-28,31-32H,1,3-23H2,2H3/q+1/p+1. The molecule has 0 aromatic carbocycles. The van der Waals surface area contributed by atoms with Crippen molar-refractivity contribution in [1.29, 1.82) is 0 Å². The monoisotopic (exact) mass is 612 g/mol. The molecular formula is C29H52N6O8+2. The zero-order valence-corrected chi connectivity index (χ0v) is 25.8. The molecule has 14 heteroatoms. The number of nitrogens with zero attached hydrogens (tertiary/aromatic N) is 3. The van der Waals surface area contributed by atoms with Crippen molar-refractivity contribution < 1.29 is 47.7 Å². The number of unbranched alkanes of at least 4 members (excludes halogenated alkanes) is 3. The number of rotatable bonds is 21. The maximum Gasteiger partial charge on any atom is 0.425 e. The van der Waals surface area contributed by atoms with E-state index in [0.717, 1.165) is 82.6 Å². The Labute approximate surface area is 255 Å². The summed E-state index contributed by atoms with van der Waals surface area (Å²) in [6.45, 7) is 8.82. The van der Waals surface area contributed by atoms with Gasteiger partial charge in [-0.15, -0.1) is 9.15 Å². The number of carbonyl (C=O) groups is 1. The van der Waals surface area contributed by atoms with E-state index in [1.165, 1.54) is 5.23 Å². The third kappa shape index (κ3) is 17.4. The highest BCUT2D eigenvalue weighted by Crippen LogP contribution is 2.12.